The van der Waals surface area contributed by atoms with E-state index in [4.69, 9.17) is 0 Å². The molecule has 1 unspecified atom stereocenters. The van der Waals surface area contributed by atoms with Crippen LogP contribution in [0.3, 0.4) is 0 Å². The lowest BCUT2D eigenvalue weighted by Crippen LogP contribution is -2.37. The Morgan fingerprint density at radius 2 is 1.69 bits per heavy atom. The lowest BCUT2D eigenvalue weighted by atomic mass is 10.1. The Balaban J connectivity index is 2.84. The molecule has 5 heteroatoms. The van der Waals surface area contributed by atoms with Crippen molar-refractivity contribution in [1.82, 2.24) is 5.32 Å². The summed E-state index contributed by atoms with van der Waals surface area (Å²) in [4.78, 5) is 22.3. The predicted molar refractivity (Wildman–Crippen MR) is 54.0 cm³/mol. The van der Waals surface area contributed by atoms with Gasteiger partial charge in [-0.3, -0.25) is 9.59 Å². The summed E-state index contributed by atoms with van der Waals surface area (Å²) in [6, 6.07) is 1.81. The SMILES string of the molecule is CC(=O)C(C)NC(=O)c1cc(F)cc(F)c1. The summed E-state index contributed by atoms with van der Waals surface area (Å²) in [5.41, 5.74) is -0.148. The largest absolute Gasteiger partial charge is 0.343 e. The summed E-state index contributed by atoms with van der Waals surface area (Å²) in [7, 11) is 0. The molecule has 0 spiro atoms. The first-order valence-electron chi connectivity index (χ1n) is 4.67. The molecule has 16 heavy (non-hydrogen) atoms. The van der Waals surface area contributed by atoms with Gasteiger partial charge in [0.25, 0.3) is 5.91 Å². The molecule has 0 radical (unpaired) electrons. The maximum Gasteiger partial charge on any atom is 0.252 e. The van der Waals surface area contributed by atoms with Gasteiger partial charge in [-0.15, -0.1) is 0 Å². The highest BCUT2D eigenvalue weighted by Gasteiger charge is 2.14. The first-order valence-corrected chi connectivity index (χ1v) is 4.67. The van der Waals surface area contributed by atoms with E-state index in [1.165, 1.54) is 13.8 Å². The summed E-state index contributed by atoms with van der Waals surface area (Å²) in [6.07, 6.45) is 0. The molecule has 1 aromatic rings. The minimum atomic E-state index is -0.833. The van der Waals surface area contributed by atoms with E-state index in [2.05, 4.69) is 5.32 Å². The molecule has 0 aliphatic rings. The number of ketones is 1. The Bertz CT molecular complexity index is 412. The monoisotopic (exact) mass is 227 g/mol. The Labute approximate surface area is 91.5 Å². The average molecular weight is 227 g/mol. The molecule has 1 rings (SSSR count). The number of halogens is 2. The first-order chi connectivity index (χ1) is 7.40. The molecule has 0 bridgehead atoms. The van der Waals surface area contributed by atoms with Crippen LogP contribution >= 0.6 is 0 Å². The van der Waals surface area contributed by atoms with Gasteiger partial charge in [0.15, 0.2) is 5.78 Å². The summed E-state index contributed by atoms with van der Waals surface area (Å²) in [5.74, 6) is -2.58. The molecule has 0 heterocycles. The standard InChI is InChI=1S/C11H11F2NO2/c1-6(7(2)15)14-11(16)8-3-9(12)5-10(13)4-8/h3-6H,1-2H3,(H,14,16). The number of amides is 1. The van der Waals surface area contributed by atoms with Crippen molar-refractivity contribution in [1.29, 1.82) is 0 Å². The second-order valence-electron chi connectivity index (χ2n) is 3.46. The van der Waals surface area contributed by atoms with Gasteiger partial charge in [-0.25, -0.2) is 8.78 Å². The molecule has 3 nitrogen and oxygen atoms in total. The fourth-order valence-electron chi connectivity index (χ4n) is 1.07. The van der Waals surface area contributed by atoms with Crippen LogP contribution in [0.2, 0.25) is 0 Å². The van der Waals surface area contributed by atoms with Crippen molar-refractivity contribution < 1.29 is 18.4 Å². The molecule has 0 fully saturated rings. The number of carbonyl (C=O) groups excluding carboxylic acids is 2. The van der Waals surface area contributed by atoms with Crippen LogP contribution in [0, 0.1) is 11.6 Å². The smallest absolute Gasteiger partial charge is 0.252 e. The third-order valence-corrected chi connectivity index (χ3v) is 2.08. The van der Waals surface area contributed by atoms with Gasteiger partial charge in [-0.2, -0.15) is 0 Å². The van der Waals surface area contributed by atoms with E-state index in [1.54, 1.807) is 0 Å². The molecule has 0 aliphatic carbocycles. The van der Waals surface area contributed by atoms with Gasteiger partial charge in [0.2, 0.25) is 0 Å². The van der Waals surface area contributed by atoms with Crippen molar-refractivity contribution in [2.24, 2.45) is 0 Å². The van der Waals surface area contributed by atoms with Gasteiger partial charge < -0.3 is 5.32 Å². The molecule has 1 atom stereocenters. The van der Waals surface area contributed by atoms with Crippen molar-refractivity contribution in [2.45, 2.75) is 19.9 Å². The molecular formula is C11H11F2NO2. The van der Waals surface area contributed by atoms with Crippen molar-refractivity contribution in [3.8, 4) is 0 Å². The van der Waals surface area contributed by atoms with E-state index < -0.39 is 23.6 Å². The predicted octanol–water partition coefficient (Wildman–Crippen LogP) is 1.67. The van der Waals surface area contributed by atoms with Crippen LogP contribution in [-0.2, 0) is 4.79 Å². The highest BCUT2D eigenvalue weighted by atomic mass is 19.1. The molecule has 0 saturated carbocycles. The van der Waals surface area contributed by atoms with Crippen LogP contribution in [0.4, 0.5) is 8.78 Å². The second-order valence-corrected chi connectivity index (χ2v) is 3.46. The van der Waals surface area contributed by atoms with Crippen molar-refractivity contribution in [2.75, 3.05) is 0 Å². The van der Waals surface area contributed by atoms with Gasteiger partial charge in [0, 0.05) is 11.6 Å². The summed E-state index contributed by atoms with van der Waals surface area (Å²) >= 11 is 0. The topological polar surface area (TPSA) is 46.2 Å². The number of nitrogens with one attached hydrogen (secondary N) is 1. The number of carbonyl (C=O) groups is 2. The second kappa shape index (κ2) is 4.83. The quantitative estimate of drug-likeness (QED) is 0.853. The number of rotatable bonds is 3. The van der Waals surface area contributed by atoms with Crippen molar-refractivity contribution in [3.63, 3.8) is 0 Å². The minimum Gasteiger partial charge on any atom is -0.343 e. The van der Waals surface area contributed by atoms with E-state index in [9.17, 15) is 18.4 Å². The van der Waals surface area contributed by atoms with Crippen LogP contribution in [0.15, 0.2) is 18.2 Å². The van der Waals surface area contributed by atoms with E-state index in [-0.39, 0.29) is 11.3 Å². The molecule has 1 aromatic carbocycles. The maximum atomic E-state index is 12.8. The van der Waals surface area contributed by atoms with Gasteiger partial charge in [0.1, 0.15) is 11.6 Å². The van der Waals surface area contributed by atoms with Crippen molar-refractivity contribution in [3.05, 3.63) is 35.4 Å². The first kappa shape index (κ1) is 12.3. The number of Topliss-reactive ketones (excluding diaryl/α,β-unsaturated/α-hetero) is 1. The van der Waals surface area contributed by atoms with Gasteiger partial charge in [0.05, 0.1) is 6.04 Å². The normalized spacial score (nSPS) is 12.0. The molecule has 0 aliphatic heterocycles. The van der Waals surface area contributed by atoms with E-state index in [0.29, 0.717) is 6.07 Å². The molecule has 0 aromatic heterocycles. The molecule has 1 amide bonds. The fraction of sp³-hybridized carbons (Fsp3) is 0.273. The summed E-state index contributed by atoms with van der Waals surface area (Å²) < 4.78 is 25.6. The van der Waals surface area contributed by atoms with Gasteiger partial charge in [-0.1, -0.05) is 0 Å². The number of hydrogen-bond acceptors (Lipinski definition) is 2. The van der Waals surface area contributed by atoms with Gasteiger partial charge in [-0.05, 0) is 26.0 Å². The van der Waals surface area contributed by atoms with Crippen LogP contribution in [0.5, 0.6) is 0 Å². The van der Waals surface area contributed by atoms with E-state index in [1.807, 2.05) is 0 Å². The highest BCUT2D eigenvalue weighted by Crippen LogP contribution is 2.08. The Kier molecular flexibility index (Phi) is 3.71. The van der Waals surface area contributed by atoms with E-state index in [0.717, 1.165) is 12.1 Å². The van der Waals surface area contributed by atoms with Crippen LogP contribution in [-0.4, -0.2) is 17.7 Å². The third-order valence-electron chi connectivity index (χ3n) is 2.08. The molecule has 1 N–H and O–H groups in total. The summed E-state index contributed by atoms with van der Waals surface area (Å²) in [6.45, 7) is 2.81. The maximum absolute atomic E-state index is 12.8. The lowest BCUT2D eigenvalue weighted by molar-refractivity contribution is -0.118. The van der Waals surface area contributed by atoms with Crippen molar-refractivity contribution >= 4 is 11.7 Å². The zero-order valence-corrected chi connectivity index (χ0v) is 8.88. The number of hydrogen-bond donors (Lipinski definition) is 1. The zero-order valence-electron chi connectivity index (χ0n) is 8.88. The number of benzene rings is 1. The van der Waals surface area contributed by atoms with Crippen LogP contribution < -0.4 is 5.32 Å². The highest BCUT2D eigenvalue weighted by molar-refractivity contribution is 5.97. The fourth-order valence-corrected chi connectivity index (χ4v) is 1.07. The molecular weight excluding hydrogens is 216 g/mol. The minimum absolute atomic E-state index is 0.148. The Morgan fingerprint density at radius 1 is 1.19 bits per heavy atom. The zero-order chi connectivity index (χ0) is 12.3. The molecule has 0 saturated heterocycles. The van der Waals surface area contributed by atoms with Crippen LogP contribution in [0.25, 0.3) is 0 Å². The van der Waals surface area contributed by atoms with E-state index >= 15 is 0 Å². The average Bonchev–Trinajstić information content (AvgIpc) is 2.15. The summed E-state index contributed by atoms with van der Waals surface area (Å²) in [5, 5.41) is 2.33. The Morgan fingerprint density at radius 3 is 2.12 bits per heavy atom. The Hall–Kier alpha value is -1.78. The van der Waals surface area contributed by atoms with Crippen LogP contribution in [0.1, 0.15) is 24.2 Å². The molecule has 86 valence electrons. The third kappa shape index (κ3) is 3.12. The van der Waals surface area contributed by atoms with Gasteiger partial charge >= 0.3 is 0 Å². The lowest BCUT2D eigenvalue weighted by Gasteiger charge is -2.10.